The van der Waals surface area contributed by atoms with E-state index in [1.165, 1.54) is 31.4 Å². The Morgan fingerprint density at radius 3 is 2.57 bits per heavy atom. The van der Waals surface area contributed by atoms with Gasteiger partial charge in [0.1, 0.15) is 0 Å². The molecule has 1 aromatic carbocycles. The number of rotatable bonds is 6. The topological polar surface area (TPSA) is 72.2 Å². The van der Waals surface area contributed by atoms with E-state index >= 15 is 0 Å². The molecule has 0 saturated heterocycles. The van der Waals surface area contributed by atoms with Gasteiger partial charge in [0.25, 0.3) is 5.69 Å². The van der Waals surface area contributed by atoms with Gasteiger partial charge in [-0.1, -0.05) is 26.2 Å². The summed E-state index contributed by atoms with van der Waals surface area (Å²) in [5.74, 6) is 0.901. The number of non-ortho nitro benzene ring substituents is 1. The van der Waals surface area contributed by atoms with Gasteiger partial charge in [-0.15, -0.1) is 0 Å². The molecule has 0 heterocycles. The summed E-state index contributed by atoms with van der Waals surface area (Å²) in [5.41, 5.74) is 1.45. The minimum atomic E-state index is -0.420. The molecule has 0 atom stereocenters. The maximum atomic E-state index is 12.4. The smallest absolute Gasteiger partial charge is 0.269 e. The summed E-state index contributed by atoms with van der Waals surface area (Å²) in [5, 5.41) is 13.7. The lowest BCUT2D eigenvalue weighted by atomic mass is 9.79. The molecular formula is C18H26N2O3. The van der Waals surface area contributed by atoms with Gasteiger partial charge in [-0.05, 0) is 50.2 Å². The Bertz CT molecular complexity index is 563. The minimum absolute atomic E-state index is 0.0518. The Morgan fingerprint density at radius 1 is 1.30 bits per heavy atom. The van der Waals surface area contributed by atoms with Crippen LogP contribution in [-0.2, 0) is 4.79 Å². The second-order valence-electron chi connectivity index (χ2n) is 6.61. The molecule has 1 saturated carbocycles. The zero-order chi connectivity index (χ0) is 16.8. The second kappa shape index (κ2) is 8.09. The number of hydrogen-bond donors (Lipinski definition) is 1. The molecule has 0 radical (unpaired) electrons. The molecule has 0 spiro atoms. The lowest BCUT2D eigenvalue weighted by Crippen LogP contribution is -2.27. The number of benzene rings is 1. The quantitative estimate of drug-likeness (QED) is 0.602. The van der Waals surface area contributed by atoms with E-state index in [1.807, 2.05) is 0 Å². The van der Waals surface area contributed by atoms with Gasteiger partial charge < -0.3 is 5.32 Å². The Labute approximate surface area is 137 Å². The molecule has 2 rings (SSSR count). The number of nitro benzene ring substituents is 1. The number of nitro groups is 1. The predicted octanol–water partition coefficient (Wildman–Crippen LogP) is 4.84. The first-order valence-electron chi connectivity index (χ1n) is 8.57. The number of nitrogens with one attached hydrogen (secondary N) is 1. The fourth-order valence-corrected chi connectivity index (χ4v) is 3.34. The monoisotopic (exact) mass is 318 g/mol. The summed E-state index contributed by atoms with van der Waals surface area (Å²) in [6.07, 6.45) is 7.98. The lowest BCUT2D eigenvalue weighted by molar-refractivity contribution is -0.384. The van der Waals surface area contributed by atoms with Gasteiger partial charge in [0.2, 0.25) is 5.91 Å². The number of nitrogens with zero attached hydrogens (tertiary/aromatic N) is 1. The Kier molecular flexibility index (Phi) is 6.13. The molecule has 1 aromatic rings. The van der Waals surface area contributed by atoms with Crippen LogP contribution >= 0.6 is 0 Å². The third-order valence-corrected chi connectivity index (χ3v) is 4.86. The summed E-state index contributed by atoms with van der Waals surface area (Å²) >= 11 is 0. The molecule has 23 heavy (non-hydrogen) atoms. The molecule has 0 aliphatic heterocycles. The van der Waals surface area contributed by atoms with Crippen LogP contribution in [0.3, 0.4) is 0 Å². The summed E-state index contributed by atoms with van der Waals surface area (Å²) in [4.78, 5) is 22.8. The maximum absolute atomic E-state index is 12.4. The molecular weight excluding hydrogens is 292 g/mol. The van der Waals surface area contributed by atoms with E-state index in [9.17, 15) is 14.9 Å². The molecule has 5 heteroatoms. The van der Waals surface area contributed by atoms with Crippen molar-refractivity contribution in [1.82, 2.24) is 0 Å². The number of amides is 1. The maximum Gasteiger partial charge on any atom is 0.269 e. The predicted molar refractivity (Wildman–Crippen MR) is 91.4 cm³/mol. The molecule has 1 aliphatic rings. The Hall–Kier alpha value is -1.91. The van der Waals surface area contributed by atoms with Gasteiger partial charge in [-0.3, -0.25) is 14.9 Å². The SMILES string of the molecule is CCCCC1CCC(C(=O)Nc2ccc([N+](=O)[O-])cc2C)CC1. The lowest BCUT2D eigenvalue weighted by Gasteiger charge is -2.27. The van der Waals surface area contributed by atoms with E-state index < -0.39 is 4.92 Å². The average Bonchev–Trinajstić information content (AvgIpc) is 2.55. The zero-order valence-electron chi connectivity index (χ0n) is 14.0. The average molecular weight is 318 g/mol. The first kappa shape index (κ1) is 17.4. The van der Waals surface area contributed by atoms with Gasteiger partial charge in [0, 0.05) is 23.7 Å². The van der Waals surface area contributed by atoms with Crippen molar-refractivity contribution >= 4 is 17.3 Å². The van der Waals surface area contributed by atoms with Crippen molar-refractivity contribution < 1.29 is 9.72 Å². The van der Waals surface area contributed by atoms with Gasteiger partial charge in [0.05, 0.1) is 4.92 Å². The summed E-state index contributed by atoms with van der Waals surface area (Å²) in [7, 11) is 0. The molecule has 1 amide bonds. The number of unbranched alkanes of at least 4 members (excludes halogenated alkanes) is 1. The van der Waals surface area contributed by atoms with Crippen LogP contribution in [0.1, 0.15) is 57.4 Å². The first-order chi connectivity index (χ1) is 11.0. The number of aryl methyl sites for hydroxylation is 1. The van der Waals surface area contributed by atoms with Crippen LogP contribution < -0.4 is 5.32 Å². The van der Waals surface area contributed by atoms with Crippen molar-refractivity contribution in [3.63, 3.8) is 0 Å². The fraction of sp³-hybridized carbons (Fsp3) is 0.611. The Morgan fingerprint density at radius 2 is 2.00 bits per heavy atom. The summed E-state index contributed by atoms with van der Waals surface area (Å²) < 4.78 is 0. The van der Waals surface area contributed by atoms with Crippen LogP contribution in [0.4, 0.5) is 11.4 Å². The van der Waals surface area contributed by atoms with Gasteiger partial charge in [-0.25, -0.2) is 0 Å². The van der Waals surface area contributed by atoms with Crippen LogP contribution in [0.2, 0.25) is 0 Å². The van der Waals surface area contributed by atoms with E-state index in [2.05, 4.69) is 12.2 Å². The van der Waals surface area contributed by atoms with Crippen LogP contribution in [0.25, 0.3) is 0 Å². The molecule has 0 aromatic heterocycles. The molecule has 0 unspecified atom stereocenters. The van der Waals surface area contributed by atoms with Crippen molar-refractivity contribution in [3.05, 3.63) is 33.9 Å². The summed E-state index contributed by atoms with van der Waals surface area (Å²) in [6, 6.07) is 4.56. The summed E-state index contributed by atoms with van der Waals surface area (Å²) in [6.45, 7) is 4.00. The number of hydrogen-bond acceptors (Lipinski definition) is 3. The van der Waals surface area contributed by atoms with Crippen LogP contribution in [0, 0.1) is 28.9 Å². The number of carbonyl (C=O) groups excluding carboxylic acids is 1. The second-order valence-corrected chi connectivity index (χ2v) is 6.61. The van der Waals surface area contributed by atoms with Crippen molar-refractivity contribution in [2.24, 2.45) is 11.8 Å². The van der Waals surface area contributed by atoms with Crippen LogP contribution in [0.15, 0.2) is 18.2 Å². The highest BCUT2D eigenvalue weighted by Gasteiger charge is 2.26. The van der Waals surface area contributed by atoms with Gasteiger partial charge >= 0.3 is 0 Å². The third kappa shape index (κ3) is 4.78. The highest BCUT2D eigenvalue weighted by atomic mass is 16.6. The largest absolute Gasteiger partial charge is 0.326 e. The van der Waals surface area contributed by atoms with E-state index in [4.69, 9.17) is 0 Å². The van der Waals surface area contributed by atoms with Crippen molar-refractivity contribution in [2.75, 3.05) is 5.32 Å². The van der Waals surface area contributed by atoms with E-state index in [1.54, 1.807) is 13.0 Å². The standard InChI is InChI=1S/C18H26N2O3/c1-3-4-5-14-6-8-15(9-7-14)18(21)19-17-11-10-16(20(22)23)12-13(17)2/h10-12,14-15H,3-9H2,1-2H3,(H,19,21). The Balaban J connectivity index is 1.89. The first-order valence-corrected chi connectivity index (χ1v) is 8.57. The molecule has 126 valence electrons. The molecule has 1 fully saturated rings. The fourth-order valence-electron chi connectivity index (χ4n) is 3.34. The molecule has 1 N–H and O–H groups in total. The highest BCUT2D eigenvalue weighted by molar-refractivity contribution is 5.93. The van der Waals surface area contributed by atoms with E-state index in [-0.39, 0.29) is 17.5 Å². The van der Waals surface area contributed by atoms with Crippen LogP contribution in [-0.4, -0.2) is 10.8 Å². The highest BCUT2D eigenvalue weighted by Crippen LogP contribution is 2.33. The normalized spacial score (nSPS) is 21.0. The van der Waals surface area contributed by atoms with Gasteiger partial charge in [0.15, 0.2) is 0 Å². The number of carbonyl (C=O) groups is 1. The van der Waals surface area contributed by atoms with Gasteiger partial charge in [-0.2, -0.15) is 0 Å². The molecule has 5 nitrogen and oxygen atoms in total. The molecule has 0 bridgehead atoms. The zero-order valence-corrected chi connectivity index (χ0v) is 14.0. The molecule has 1 aliphatic carbocycles. The third-order valence-electron chi connectivity index (χ3n) is 4.86. The van der Waals surface area contributed by atoms with Crippen molar-refractivity contribution in [1.29, 1.82) is 0 Å². The van der Waals surface area contributed by atoms with Crippen molar-refractivity contribution in [2.45, 2.75) is 58.8 Å². The number of anilines is 1. The van der Waals surface area contributed by atoms with E-state index in [0.717, 1.165) is 37.2 Å². The van der Waals surface area contributed by atoms with Crippen molar-refractivity contribution in [3.8, 4) is 0 Å². The minimum Gasteiger partial charge on any atom is -0.326 e. The van der Waals surface area contributed by atoms with E-state index in [0.29, 0.717) is 5.69 Å². The van der Waals surface area contributed by atoms with Crippen LogP contribution in [0.5, 0.6) is 0 Å².